The average molecular weight is 933 g/mol. The number of benzene rings is 3. The molecule has 2 unspecified atom stereocenters. The summed E-state index contributed by atoms with van der Waals surface area (Å²) in [4.78, 5) is 73.2. The van der Waals surface area contributed by atoms with Gasteiger partial charge in [0.05, 0.1) is 50.1 Å². The van der Waals surface area contributed by atoms with Crippen LogP contribution in [0.4, 0.5) is 9.59 Å². The van der Waals surface area contributed by atoms with Gasteiger partial charge in [0.15, 0.2) is 0 Å². The number of carbonyl (C=O) groups is 4. The fourth-order valence-electron chi connectivity index (χ4n) is 12.4. The summed E-state index contributed by atoms with van der Waals surface area (Å²) in [6.45, 7) is 9.09. The van der Waals surface area contributed by atoms with Crippen LogP contribution in [0.2, 0.25) is 0 Å². The SMILES string of the molecule is COC(=O)N[C@H](C(=O)N1CC2(CC2)C[C@H]1c1ncc(-c2ccc(-c3ccc(-c4ccc(-c5cnc([C@@H]6CC7(CC7)CN6C(=O)[C@@H](NC(=O)OC)C(C)C)[nH]5)cc4)c4c3C3CCC4C3)cc2)[nH]1)C(C)C. The number of ether oxygens (including phenoxy) is 2. The summed E-state index contributed by atoms with van der Waals surface area (Å²) in [5.41, 5.74) is 12.2. The summed E-state index contributed by atoms with van der Waals surface area (Å²) in [6, 6.07) is 20.5. The van der Waals surface area contributed by atoms with Crippen molar-refractivity contribution in [3.63, 3.8) is 0 Å². The Labute approximate surface area is 403 Å². The molecule has 6 aliphatic rings. The molecule has 5 fully saturated rings. The third-order valence-corrected chi connectivity index (χ3v) is 16.7. The van der Waals surface area contributed by atoms with E-state index in [-0.39, 0.29) is 46.6 Å². The number of aromatic amines is 2. The first-order chi connectivity index (χ1) is 33.3. The van der Waals surface area contributed by atoms with E-state index in [1.165, 1.54) is 66.9 Å². The topological polar surface area (TPSA) is 175 Å². The molecule has 2 saturated heterocycles. The van der Waals surface area contributed by atoms with Gasteiger partial charge in [0.2, 0.25) is 11.8 Å². The molecule has 6 atom stereocenters. The third-order valence-electron chi connectivity index (χ3n) is 16.7. The highest BCUT2D eigenvalue weighted by Gasteiger charge is 2.56. The lowest BCUT2D eigenvalue weighted by atomic mass is 9.81. The smallest absolute Gasteiger partial charge is 0.407 e. The predicted molar refractivity (Wildman–Crippen MR) is 262 cm³/mol. The Hall–Kier alpha value is -6.44. The molecule has 4 aliphatic carbocycles. The molecule has 69 heavy (non-hydrogen) atoms. The first kappa shape index (κ1) is 45.0. The van der Waals surface area contributed by atoms with Crippen LogP contribution >= 0.6 is 0 Å². The van der Waals surface area contributed by atoms with Gasteiger partial charge in [-0.1, -0.05) is 88.4 Å². The van der Waals surface area contributed by atoms with Crippen molar-refractivity contribution in [3.8, 4) is 44.8 Å². The lowest BCUT2D eigenvalue weighted by Gasteiger charge is -2.30. The van der Waals surface area contributed by atoms with Gasteiger partial charge in [-0.25, -0.2) is 19.6 Å². The number of H-pyrrole nitrogens is 2. The lowest BCUT2D eigenvalue weighted by molar-refractivity contribution is -0.136. The maximum Gasteiger partial charge on any atom is 0.407 e. The number of methoxy groups -OCH3 is 2. The van der Waals surface area contributed by atoms with Gasteiger partial charge in [-0.3, -0.25) is 9.59 Å². The van der Waals surface area contributed by atoms with Crippen molar-refractivity contribution in [2.75, 3.05) is 27.3 Å². The van der Waals surface area contributed by atoms with Crippen molar-refractivity contribution in [1.82, 2.24) is 40.4 Å². The van der Waals surface area contributed by atoms with Gasteiger partial charge < -0.3 is 39.9 Å². The number of carbonyl (C=O) groups excluding carboxylic acids is 4. The number of nitrogens with one attached hydrogen (secondary N) is 4. The van der Waals surface area contributed by atoms with Crippen molar-refractivity contribution in [2.24, 2.45) is 22.7 Å². The lowest BCUT2D eigenvalue weighted by Crippen LogP contribution is -2.51. The number of imidazole rings is 2. The molecule has 3 aromatic carbocycles. The molecule has 14 nitrogen and oxygen atoms in total. The minimum atomic E-state index is -0.682. The number of alkyl carbamates (subject to hydrolysis) is 2. The molecule has 4 N–H and O–H groups in total. The first-order valence-electron chi connectivity index (χ1n) is 25.0. The quantitative estimate of drug-likeness (QED) is 0.0956. The van der Waals surface area contributed by atoms with Crippen LogP contribution in [0.3, 0.4) is 0 Å². The van der Waals surface area contributed by atoms with E-state index in [1.54, 1.807) is 0 Å². The van der Waals surface area contributed by atoms with Crippen LogP contribution in [-0.4, -0.2) is 93.1 Å². The highest BCUT2D eigenvalue weighted by molar-refractivity contribution is 5.88. The van der Waals surface area contributed by atoms with Crippen LogP contribution < -0.4 is 10.6 Å². The van der Waals surface area contributed by atoms with E-state index in [4.69, 9.17) is 19.4 Å². The number of aromatic nitrogens is 4. The largest absolute Gasteiger partial charge is 0.453 e. The highest BCUT2D eigenvalue weighted by Crippen LogP contribution is 2.61. The number of fused-ring (bicyclic) bond motifs is 5. The minimum Gasteiger partial charge on any atom is -0.453 e. The van der Waals surface area contributed by atoms with Crippen molar-refractivity contribution in [3.05, 3.63) is 95.8 Å². The molecule has 360 valence electrons. The number of hydrogen-bond acceptors (Lipinski definition) is 8. The van der Waals surface area contributed by atoms with Gasteiger partial charge >= 0.3 is 12.2 Å². The summed E-state index contributed by atoms with van der Waals surface area (Å²) < 4.78 is 9.71. The second kappa shape index (κ2) is 17.2. The summed E-state index contributed by atoms with van der Waals surface area (Å²) in [5.74, 6) is 2.26. The van der Waals surface area contributed by atoms with E-state index < -0.39 is 24.3 Å². The van der Waals surface area contributed by atoms with Crippen molar-refractivity contribution >= 4 is 24.0 Å². The molecule has 5 aromatic rings. The Morgan fingerprint density at radius 2 is 0.971 bits per heavy atom. The van der Waals surface area contributed by atoms with Crippen LogP contribution in [0.1, 0.15) is 132 Å². The van der Waals surface area contributed by atoms with Crippen LogP contribution in [0, 0.1) is 22.7 Å². The molecular formula is C55H64N8O6. The van der Waals surface area contributed by atoms with Gasteiger partial charge in [-0.05, 0) is 137 Å². The molecule has 2 bridgehead atoms. The summed E-state index contributed by atoms with van der Waals surface area (Å²) in [5, 5.41) is 5.55. The van der Waals surface area contributed by atoms with Crippen LogP contribution in [0.25, 0.3) is 44.8 Å². The Bertz CT molecular complexity index is 2610. The molecule has 0 radical (unpaired) electrons. The summed E-state index contributed by atoms with van der Waals surface area (Å²) in [7, 11) is 2.63. The third kappa shape index (κ3) is 8.16. The monoisotopic (exact) mass is 932 g/mol. The molecule has 14 heteroatoms. The Balaban J connectivity index is 0.811. The Morgan fingerprint density at radius 1 is 0.594 bits per heavy atom. The minimum absolute atomic E-state index is 0.0953. The van der Waals surface area contributed by atoms with Crippen LogP contribution in [-0.2, 0) is 19.1 Å². The summed E-state index contributed by atoms with van der Waals surface area (Å²) in [6.07, 6.45) is 12.3. The number of amides is 4. The van der Waals surface area contributed by atoms with E-state index in [2.05, 4.69) is 81.3 Å². The highest BCUT2D eigenvalue weighted by atomic mass is 16.5. The molecule has 2 aliphatic heterocycles. The van der Waals surface area contributed by atoms with Gasteiger partial charge in [0.1, 0.15) is 23.7 Å². The fraction of sp³-hybridized carbons (Fsp3) is 0.491. The van der Waals surface area contributed by atoms with Crippen LogP contribution in [0.5, 0.6) is 0 Å². The van der Waals surface area contributed by atoms with Crippen molar-refractivity contribution in [2.45, 2.75) is 121 Å². The van der Waals surface area contributed by atoms with E-state index >= 15 is 0 Å². The van der Waals surface area contributed by atoms with Gasteiger partial charge in [0, 0.05) is 13.1 Å². The molecule has 2 spiro atoms. The Morgan fingerprint density at radius 3 is 1.32 bits per heavy atom. The van der Waals surface area contributed by atoms with Gasteiger partial charge in [-0.2, -0.15) is 0 Å². The molecular weight excluding hydrogens is 869 g/mol. The maximum absolute atomic E-state index is 14.0. The molecule has 3 saturated carbocycles. The zero-order valence-electron chi connectivity index (χ0n) is 40.6. The normalized spacial score (nSPS) is 23.1. The van der Waals surface area contributed by atoms with E-state index in [0.717, 1.165) is 72.7 Å². The molecule has 11 rings (SSSR count). The molecule has 2 aromatic heterocycles. The number of hydrogen-bond donors (Lipinski definition) is 4. The number of rotatable bonds is 12. The standard InChI is InChI=1S/C55H64N8O6/c1-30(2)46(60-52(66)68-5)50(64)62-28-54(19-20-54)24-42(62)48-56-26-40(58-48)34-11-7-32(8-12-34)38-17-18-39(45-37-16-15-36(23-37)44(38)45)33-9-13-35(14-10-33)41-27-57-49(59-41)43-25-55(21-22-55)29-63(43)51(65)47(31(3)4)61-53(67)69-6/h7-14,17-18,26-27,30-31,36-37,42-43,46-47H,15-16,19-25,28-29H2,1-6H3,(H,56,58)(H,57,59)(H,60,66)(H,61,67)/t36?,37?,42-,43-,46-,47-/m0/s1. The predicted octanol–water partition coefficient (Wildman–Crippen LogP) is 10.0. The zero-order chi connectivity index (χ0) is 47.9. The maximum atomic E-state index is 14.0. The van der Waals surface area contributed by atoms with Gasteiger partial charge in [0.25, 0.3) is 0 Å². The second-order valence-corrected chi connectivity index (χ2v) is 21.8. The number of likely N-dealkylation sites (tertiary alicyclic amines) is 2. The fourth-order valence-corrected chi connectivity index (χ4v) is 12.4. The number of nitrogens with zero attached hydrogens (tertiary/aromatic N) is 4. The average Bonchev–Trinajstić information content (AvgIpc) is 3.79. The molecule has 4 amide bonds. The van der Waals surface area contributed by atoms with E-state index in [9.17, 15) is 19.2 Å². The summed E-state index contributed by atoms with van der Waals surface area (Å²) >= 11 is 0. The molecule has 4 heterocycles. The van der Waals surface area contributed by atoms with Gasteiger partial charge in [-0.15, -0.1) is 0 Å². The second-order valence-electron chi connectivity index (χ2n) is 21.8. The van der Waals surface area contributed by atoms with Crippen LogP contribution in [0.15, 0.2) is 73.1 Å². The van der Waals surface area contributed by atoms with E-state index in [1.807, 2.05) is 49.9 Å². The first-order valence-corrected chi connectivity index (χ1v) is 25.0. The van der Waals surface area contributed by atoms with Crippen molar-refractivity contribution < 1.29 is 28.7 Å². The zero-order valence-corrected chi connectivity index (χ0v) is 40.6. The Kier molecular flexibility index (Phi) is 11.2. The van der Waals surface area contributed by atoms with Crippen molar-refractivity contribution in [1.29, 1.82) is 0 Å². The van der Waals surface area contributed by atoms with E-state index in [0.29, 0.717) is 24.9 Å².